The molecule has 1 heterocycles. The Morgan fingerprint density at radius 1 is 1.48 bits per heavy atom. The topological polar surface area (TPSA) is 53.6 Å². The van der Waals surface area contributed by atoms with Crippen LogP contribution < -0.4 is 15.4 Å². The van der Waals surface area contributed by atoms with Gasteiger partial charge in [0.05, 0.1) is 13.2 Å². The van der Waals surface area contributed by atoms with Crippen LogP contribution in [0, 0.1) is 0 Å². The molecule has 116 valence electrons. The summed E-state index contributed by atoms with van der Waals surface area (Å²) in [4.78, 5) is 14.5. The molecule has 1 aromatic carbocycles. The number of benzene rings is 1. The van der Waals surface area contributed by atoms with Gasteiger partial charge in [-0.2, -0.15) is 0 Å². The minimum Gasteiger partial charge on any atom is -0.496 e. The molecule has 2 rings (SSSR count). The zero-order chi connectivity index (χ0) is 15.1. The number of para-hydroxylation sites is 1. The van der Waals surface area contributed by atoms with Crippen LogP contribution in [0.15, 0.2) is 24.3 Å². The molecule has 1 fully saturated rings. The predicted octanol–water partition coefficient (Wildman–Crippen LogP) is 1.17. The molecular weight excluding hydrogens is 266 g/mol. The predicted molar refractivity (Wildman–Crippen MR) is 83.5 cm³/mol. The van der Waals surface area contributed by atoms with Crippen LogP contribution in [0.4, 0.5) is 0 Å². The third-order valence-electron chi connectivity index (χ3n) is 3.88. The van der Waals surface area contributed by atoms with Gasteiger partial charge < -0.3 is 20.3 Å². The zero-order valence-corrected chi connectivity index (χ0v) is 12.9. The van der Waals surface area contributed by atoms with E-state index in [0.29, 0.717) is 6.42 Å². The summed E-state index contributed by atoms with van der Waals surface area (Å²) in [6, 6.07) is 8.00. The van der Waals surface area contributed by atoms with E-state index in [1.165, 1.54) is 0 Å². The van der Waals surface area contributed by atoms with E-state index in [4.69, 9.17) is 4.74 Å². The van der Waals surface area contributed by atoms with E-state index in [0.717, 1.165) is 43.9 Å². The fraction of sp³-hybridized carbons (Fsp3) is 0.562. The zero-order valence-electron chi connectivity index (χ0n) is 12.9. The standard InChI is InChI=1S/C16H25N3O2/c1-17-9-5-8-16(20)19-11-10-18-12-14(19)13-6-3-4-7-15(13)21-2/h3-4,6-7,14,17-18H,5,8-12H2,1-2H3. The Kier molecular flexibility index (Phi) is 6.02. The molecule has 1 saturated heterocycles. The summed E-state index contributed by atoms with van der Waals surface area (Å²) in [5, 5.41) is 6.46. The van der Waals surface area contributed by atoms with Crippen molar-refractivity contribution < 1.29 is 9.53 Å². The lowest BCUT2D eigenvalue weighted by Gasteiger charge is -2.37. The van der Waals surface area contributed by atoms with Crippen LogP contribution in [0.5, 0.6) is 5.75 Å². The SMILES string of the molecule is CNCCCC(=O)N1CCNCC1c1ccccc1OC. The molecule has 1 unspecified atom stereocenters. The number of nitrogens with zero attached hydrogens (tertiary/aromatic N) is 1. The molecule has 1 amide bonds. The lowest BCUT2D eigenvalue weighted by molar-refractivity contribution is -0.134. The molecule has 5 heteroatoms. The monoisotopic (exact) mass is 291 g/mol. The molecule has 0 radical (unpaired) electrons. The summed E-state index contributed by atoms with van der Waals surface area (Å²) in [7, 11) is 3.58. The van der Waals surface area contributed by atoms with E-state index >= 15 is 0 Å². The Hall–Kier alpha value is -1.59. The molecule has 1 aromatic rings. The molecule has 5 nitrogen and oxygen atoms in total. The second-order valence-corrected chi connectivity index (χ2v) is 5.26. The average molecular weight is 291 g/mol. The minimum absolute atomic E-state index is 0.0528. The van der Waals surface area contributed by atoms with Crippen molar-refractivity contribution >= 4 is 5.91 Å². The number of hydrogen-bond donors (Lipinski definition) is 2. The van der Waals surface area contributed by atoms with Gasteiger partial charge in [0.2, 0.25) is 5.91 Å². The molecule has 2 N–H and O–H groups in total. The number of methoxy groups -OCH3 is 1. The van der Waals surface area contributed by atoms with Crippen molar-refractivity contribution in [2.45, 2.75) is 18.9 Å². The van der Waals surface area contributed by atoms with Gasteiger partial charge in [-0.1, -0.05) is 18.2 Å². The first kappa shape index (κ1) is 15.8. The lowest BCUT2D eigenvalue weighted by Crippen LogP contribution is -2.48. The van der Waals surface area contributed by atoms with E-state index in [-0.39, 0.29) is 11.9 Å². The van der Waals surface area contributed by atoms with Gasteiger partial charge in [0, 0.05) is 31.6 Å². The molecule has 1 aliphatic rings. The maximum atomic E-state index is 12.5. The number of carbonyl (C=O) groups excluding carboxylic acids is 1. The molecule has 0 aromatic heterocycles. The fourth-order valence-corrected chi connectivity index (χ4v) is 2.78. The first-order valence-corrected chi connectivity index (χ1v) is 7.55. The molecule has 0 bridgehead atoms. The normalized spacial score (nSPS) is 18.6. The largest absolute Gasteiger partial charge is 0.496 e. The maximum absolute atomic E-state index is 12.5. The van der Waals surface area contributed by atoms with Crippen LogP contribution in [-0.2, 0) is 4.79 Å². The number of nitrogens with one attached hydrogen (secondary N) is 2. The molecule has 0 aliphatic carbocycles. The van der Waals surface area contributed by atoms with Gasteiger partial charge in [0.1, 0.15) is 5.75 Å². The maximum Gasteiger partial charge on any atom is 0.223 e. The van der Waals surface area contributed by atoms with Crippen LogP contribution in [0.25, 0.3) is 0 Å². The van der Waals surface area contributed by atoms with Crippen LogP contribution in [-0.4, -0.2) is 51.1 Å². The molecular formula is C16H25N3O2. The average Bonchev–Trinajstić information content (AvgIpc) is 2.55. The fourth-order valence-electron chi connectivity index (χ4n) is 2.78. The third kappa shape index (κ3) is 3.95. The molecule has 21 heavy (non-hydrogen) atoms. The summed E-state index contributed by atoms with van der Waals surface area (Å²) in [6.45, 7) is 3.25. The molecule has 0 saturated carbocycles. The van der Waals surface area contributed by atoms with E-state index in [9.17, 15) is 4.79 Å². The van der Waals surface area contributed by atoms with Gasteiger partial charge in [-0.05, 0) is 26.1 Å². The van der Waals surface area contributed by atoms with Crippen LogP contribution >= 0.6 is 0 Å². The number of rotatable bonds is 6. The van der Waals surface area contributed by atoms with E-state index in [1.807, 2.05) is 36.2 Å². The number of carbonyl (C=O) groups is 1. The highest BCUT2D eigenvalue weighted by atomic mass is 16.5. The summed E-state index contributed by atoms with van der Waals surface area (Å²) in [6.07, 6.45) is 1.46. The number of ether oxygens (including phenoxy) is 1. The van der Waals surface area contributed by atoms with Gasteiger partial charge in [-0.25, -0.2) is 0 Å². The van der Waals surface area contributed by atoms with Crippen molar-refractivity contribution in [3.05, 3.63) is 29.8 Å². The summed E-state index contributed by atoms with van der Waals surface area (Å²) in [5.41, 5.74) is 1.08. The van der Waals surface area contributed by atoms with Crippen molar-refractivity contribution in [3.8, 4) is 5.75 Å². The number of hydrogen-bond acceptors (Lipinski definition) is 4. The van der Waals surface area contributed by atoms with Crippen molar-refractivity contribution in [2.75, 3.05) is 40.3 Å². The third-order valence-corrected chi connectivity index (χ3v) is 3.88. The highest BCUT2D eigenvalue weighted by molar-refractivity contribution is 5.77. The number of piperazine rings is 1. The Bertz CT molecular complexity index is 465. The Morgan fingerprint density at radius 2 is 2.29 bits per heavy atom. The van der Waals surface area contributed by atoms with E-state index < -0.39 is 0 Å². The van der Waals surface area contributed by atoms with E-state index in [2.05, 4.69) is 10.6 Å². The van der Waals surface area contributed by atoms with Gasteiger partial charge >= 0.3 is 0 Å². The highest BCUT2D eigenvalue weighted by Crippen LogP contribution is 2.30. The Balaban J connectivity index is 2.13. The van der Waals surface area contributed by atoms with Crippen LogP contribution in [0.2, 0.25) is 0 Å². The van der Waals surface area contributed by atoms with Crippen molar-refractivity contribution in [3.63, 3.8) is 0 Å². The first-order valence-electron chi connectivity index (χ1n) is 7.55. The van der Waals surface area contributed by atoms with E-state index in [1.54, 1.807) is 7.11 Å². The quantitative estimate of drug-likeness (QED) is 0.773. The first-order chi connectivity index (χ1) is 10.3. The molecule has 1 aliphatic heterocycles. The lowest BCUT2D eigenvalue weighted by atomic mass is 10.0. The summed E-state index contributed by atoms with van der Waals surface area (Å²) >= 11 is 0. The number of amides is 1. The van der Waals surface area contributed by atoms with Crippen LogP contribution in [0.3, 0.4) is 0 Å². The van der Waals surface area contributed by atoms with Gasteiger partial charge in [-0.15, -0.1) is 0 Å². The second-order valence-electron chi connectivity index (χ2n) is 5.26. The van der Waals surface area contributed by atoms with Crippen molar-refractivity contribution in [2.24, 2.45) is 0 Å². The Labute approximate surface area is 126 Å². The molecule has 1 atom stereocenters. The summed E-state index contributed by atoms with van der Waals surface area (Å²) in [5.74, 6) is 1.07. The molecule has 0 spiro atoms. The Morgan fingerprint density at radius 3 is 3.05 bits per heavy atom. The van der Waals surface area contributed by atoms with Gasteiger partial charge in [0.25, 0.3) is 0 Å². The smallest absolute Gasteiger partial charge is 0.223 e. The minimum atomic E-state index is 0.0528. The summed E-state index contributed by atoms with van der Waals surface area (Å²) < 4.78 is 5.45. The van der Waals surface area contributed by atoms with Crippen molar-refractivity contribution in [1.82, 2.24) is 15.5 Å². The van der Waals surface area contributed by atoms with Crippen molar-refractivity contribution in [1.29, 1.82) is 0 Å². The second kappa shape index (κ2) is 8.00. The van der Waals surface area contributed by atoms with Crippen LogP contribution in [0.1, 0.15) is 24.4 Å². The van der Waals surface area contributed by atoms with Gasteiger partial charge in [0.15, 0.2) is 0 Å². The van der Waals surface area contributed by atoms with Gasteiger partial charge in [-0.3, -0.25) is 4.79 Å². The highest BCUT2D eigenvalue weighted by Gasteiger charge is 2.29.